The van der Waals surface area contributed by atoms with Crippen LogP contribution in [0.2, 0.25) is 0 Å². The second-order valence-electron chi connectivity index (χ2n) is 4.43. The molecular formula is C13H12NO5S-. The van der Waals surface area contributed by atoms with Gasteiger partial charge in [0.15, 0.2) is 0 Å². The number of amides is 2. The number of carboxylic acids is 1. The first-order valence-corrected chi connectivity index (χ1v) is 7.64. The maximum absolute atomic E-state index is 12.1. The molecule has 0 unspecified atom stereocenters. The molecule has 20 heavy (non-hydrogen) atoms. The Morgan fingerprint density at radius 2 is 1.75 bits per heavy atom. The number of imide groups is 1. The molecule has 1 aromatic carbocycles. The molecule has 0 aromatic heterocycles. The monoisotopic (exact) mass is 294 g/mol. The van der Waals surface area contributed by atoms with E-state index < -0.39 is 34.6 Å². The first kappa shape index (κ1) is 14.4. The van der Waals surface area contributed by atoms with Crippen LogP contribution in [0.1, 0.15) is 27.1 Å². The van der Waals surface area contributed by atoms with Gasteiger partial charge in [0.1, 0.15) is 0 Å². The van der Waals surface area contributed by atoms with Crippen LogP contribution in [0.5, 0.6) is 0 Å². The Morgan fingerprint density at radius 1 is 1.25 bits per heavy atom. The van der Waals surface area contributed by atoms with Crippen molar-refractivity contribution in [1.29, 1.82) is 0 Å². The third kappa shape index (κ3) is 2.49. The van der Waals surface area contributed by atoms with E-state index in [1.54, 1.807) is 12.1 Å². The second-order valence-corrected chi connectivity index (χ2v) is 5.98. The van der Waals surface area contributed by atoms with Gasteiger partial charge in [-0.05, 0) is 18.6 Å². The number of fused-ring (bicyclic) bond motifs is 1. The number of carboxylic acid groups (broad SMARTS) is 1. The molecule has 0 saturated carbocycles. The zero-order valence-corrected chi connectivity index (χ0v) is 11.5. The van der Waals surface area contributed by atoms with Crippen molar-refractivity contribution in [3.8, 4) is 0 Å². The fraction of sp³-hybridized carbons (Fsp3) is 0.308. The standard InChI is InChI=1S/C13H13NO5S/c1-20(19)7-6-10(13(17)18)14-11(15)8-4-2-3-5-9(8)12(14)16/h2-5,10H,6-7H2,1H3,(H,17,18)/p-1/t10-,20-/m0/s1. The van der Waals surface area contributed by atoms with Crippen LogP contribution in [0.3, 0.4) is 0 Å². The molecule has 0 saturated heterocycles. The molecule has 6 nitrogen and oxygen atoms in total. The van der Waals surface area contributed by atoms with E-state index in [0.29, 0.717) is 4.90 Å². The van der Waals surface area contributed by atoms with Crippen molar-refractivity contribution < 1.29 is 23.7 Å². The number of hydrogen-bond donors (Lipinski definition) is 0. The van der Waals surface area contributed by atoms with Gasteiger partial charge in [-0.1, -0.05) is 12.1 Å². The molecule has 0 spiro atoms. The van der Waals surface area contributed by atoms with Crippen LogP contribution in [0.4, 0.5) is 0 Å². The van der Waals surface area contributed by atoms with Crippen LogP contribution in [0.15, 0.2) is 24.3 Å². The summed E-state index contributed by atoms with van der Waals surface area (Å²) in [7, 11) is -1.22. The van der Waals surface area contributed by atoms with Gasteiger partial charge in [-0.2, -0.15) is 0 Å². The molecule has 0 aliphatic carbocycles. The lowest BCUT2D eigenvalue weighted by Crippen LogP contribution is -2.51. The number of rotatable bonds is 5. The molecule has 2 atom stereocenters. The highest BCUT2D eigenvalue weighted by atomic mass is 32.2. The molecule has 0 fully saturated rings. The molecule has 1 heterocycles. The second kappa shape index (κ2) is 5.54. The van der Waals surface area contributed by atoms with E-state index in [1.807, 2.05) is 0 Å². The minimum absolute atomic E-state index is 0.0754. The fourth-order valence-electron chi connectivity index (χ4n) is 2.12. The van der Waals surface area contributed by atoms with Crippen molar-refractivity contribution in [3.63, 3.8) is 0 Å². The summed E-state index contributed by atoms with van der Waals surface area (Å²) >= 11 is 0. The van der Waals surface area contributed by atoms with Gasteiger partial charge in [0.2, 0.25) is 0 Å². The Bertz CT molecular complexity index is 578. The van der Waals surface area contributed by atoms with Gasteiger partial charge in [0, 0.05) is 22.8 Å². The van der Waals surface area contributed by atoms with Crippen molar-refractivity contribution in [2.75, 3.05) is 12.0 Å². The van der Waals surface area contributed by atoms with Crippen molar-refractivity contribution in [2.24, 2.45) is 0 Å². The van der Waals surface area contributed by atoms with E-state index >= 15 is 0 Å². The number of nitrogens with zero attached hydrogens (tertiary/aromatic N) is 1. The Morgan fingerprint density at radius 3 is 2.15 bits per heavy atom. The van der Waals surface area contributed by atoms with E-state index in [2.05, 4.69) is 0 Å². The highest BCUT2D eigenvalue weighted by Crippen LogP contribution is 2.25. The summed E-state index contributed by atoms with van der Waals surface area (Å²) in [6.45, 7) is 0. The Balaban J connectivity index is 2.32. The molecule has 0 radical (unpaired) electrons. The molecule has 0 bridgehead atoms. The summed E-state index contributed by atoms with van der Waals surface area (Å²) in [4.78, 5) is 36.1. The zero-order chi connectivity index (χ0) is 14.9. The van der Waals surface area contributed by atoms with E-state index in [0.717, 1.165) is 0 Å². The van der Waals surface area contributed by atoms with Gasteiger partial charge in [-0.15, -0.1) is 0 Å². The quantitative estimate of drug-likeness (QED) is 0.661. The maximum atomic E-state index is 12.1. The normalized spacial score (nSPS) is 16.9. The van der Waals surface area contributed by atoms with Gasteiger partial charge in [-0.3, -0.25) is 18.7 Å². The molecule has 7 heteroatoms. The SMILES string of the molecule is C[S@](=O)CC[C@@H](C(=O)[O-])N1C(=O)c2ccccc2C1=O. The fourth-order valence-corrected chi connectivity index (χ4v) is 2.68. The first-order valence-electron chi connectivity index (χ1n) is 5.91. The van der Waals surface area contributed by atoms with E-state index in [-0.39, 0.29) is 23.3 Å². The van der Waals surface area contributed by atoms with Gasteiger partial charge in [-0.25, -0.2) is 0 Å². The summed E-state index contributed by atoms with van der Waals surface area (Å²) in [5, 5.41) is 11.2. The summed E-state index contributed by atoms with van der Waals surface area (Å²) in [6, 6.07) is 4.75. The molecular weight excluding hydrogens is 282 g/mol. The summed E-state index contributed by atoms with van der Waals surface area (Å²) in [5.41, 5.74) is 0.364. The summed E-state index contributed by atoms with van der Waals surface area (Å²) in [5.74, 6) is -2.75. The van der Waals surface area contributed by atoms with Crippen molar-refractivity contribution >= 4 is 28.6 Å². The van der Waals surface area contributed by atoms with Crippen LogP contribution < -0.4 is 5.11 Å². The molecule has 2 rings (SSSR count). The van der Waals surface area contributed by atoms with Crippen molar-refractivity contribution in [2.45, 2.75) is 12.5 Å². The number of carbonyl (C=O) groups excluding carboxylic acids is 3. The molecule has 1 aromatic rings. The number of benzene rings is 1. The summed E-state index contributed by atoms with van der Waals surface area (Å²) in [6.07, 6.45) is 1.34. The average Bonchev–Trinajstić information content (AvgIpc) is 2.64. The largest absolute Gasteiger partial charge is 0.548 e. The maximum Gasteiger partial charge on any atom is 0.262 e. The lowest BCUT2D eigenvalue weighted by Gasteiger charge is -2.26. The number of carbonyl (C=O) groups is 3. The first-order chi connectivity index (χ1) is 9.43. The van der Waals surface area contributed by atoms with E-state index in [4.69, 9.17) is 0 Å². The van der Waals surface area contributed by atoms with Gasteiger partial charge in [0.05, 0.1) is 23.1 Å². The lowest BCUT2D eigenvalue weighted by molar-refractivity contribution is -0.310. The van der Waals surface area contributed by atoms with E-state index in [1.165, 1.54) is 18.4 Å². The van der Waals surface area contributed by atoms with Crippen LogP contribution >= 0.6 is 0 Å². The minimum Gasteiger partial charge on any atom is -0.548 e. The third-order valence-corrected chi connectivity index (χ3v) is 3.90. The molecule has 0 N–H and O–H groups in total. The Hall–Kier alpha value is -2.02. The Labute approximate surface area is 117 Å². The molecule has 1 aliphatic heterocycles. The molecule has 1 aliphatic rings. The average molecular weight is 294 g/mol. The third-order valence-electron chi connectivity index (χ3n) is 3.09. The van der Waals surface area contributed by atoms with Gasteiger partial charge >= 0.3 is 0 Å². The topological polar surface area (TPSA) is 94.6 Å². The highest BCUT2D eigenvalue weighted by Gasteiger charge is 2.40. The molecule has 106 valence electrons. The van der Waals surface area contributed by atoms with Crippen LogP contribution in [-0.4, -0.2) is 44.9 Å². The van der Waals surface area contributed by atoms with Crippen molar-refractivity contribution in [1.82, 2.24) is 4.90 Å². The summed E-state index contributed by atoms with van der Waals surface area (Å²) < 4.78 is 11.1. The predicted molar refractivity (Wildman–Crippen MR) is 69.3 cm³/mol. The van der Waals surface area contributed by atoms with Crippen molar-refractivity contribution in [3.05, 3.63) is 35.4 Å². The van der Waals surface area contributed by atoms with Crippen LogP contribution in [-0.2, 0) is 15.6 Å². The predicted octanol–water partition coefficient (Wildman–Crippen LogP) is -0.830. The van der Waals surface area contributed by atoms with Gasteiger partial charge < -0.3 is 9.90 Å². The highest BCUT2D eigenvalue weighted by molar-refractivity contribution is 7.84. The lowest BCUT2D eigenvalue weighted by atomic mass is 10.1. The van der Waals surface area contributed by atoms with Crippen LogP contribution in [0.25, 0.3) is 0 Å². The smallest absolute Gasteiger partial charge is 0.262 e. The van der Waals surface area contributed by atoms with Gasteiger partial charge in [0.25, 0.3) is 11.8 Å². The number of hydrogen-bond acceptors (Lipinski definition) is 5. The molecule has 2 amide bonds. The van der Waals surface area contributed by atoms with E-state index in [9.17, 15) is 23.7 Å². The Kier molecular flexibility index (Phi) is 3.99. The number of aliphatic carboxylic acids is 1. The zero-order valence-electron chi connectivity index (χ0n) is 10.7. The van der Waals surface area contributed by atoms with Crippen LogP contribution in [0, 0.1) is 0 Å². The minimum atomic E-state index is -1.52.